The first-order valence-electron chi connectivity index (χ1n) is 9.53. The molecule has 0 aromatic heterocycles. The molecule has 2 fully saturated rings. The highest BCUT2D eigenvalue weighted by molar-refractivity contribution is 5.87. The summed E-state index contributed by atoms with van der Waals surface area (Å²) in [7, 11) is 0. The topological polar surface area (TPSA) is 26.3 Å². The van der Waals surface area contributed by atoms with Crippen molar-refractivity contribution in [2.24, 2.45) is 17.3 Å². The Labute approximate surface area is 147 Å². The van der Waals surface area contributed by atoms with E-state index in [1.807, 2.05) is 50.3 Å². The smallest absolute Gasteiger partial charge is 0.331 e. The Morgan fingerprint density at radius 3 is 2.58 bits per heavy atom. The summed E-state index contributed by atoms with van der Waals surface area (Å²) in [4.78, 5) is 12.1. The summed E-state index contributed by atoms with van der Waals surface area (Å²) >= 11 is 0. The van der Waals surface area contributed by atoms with Crippen LogP contribution in [0.15, 0.2) is 36.4 Å². The number of hydrogen-bond donors (Lipinski definition) is 0. The zero-order valence-electron chi connectivity index (χ0n) is 15.6. The third-order valence-electron chi connectivity index (χ3n) is 5.55. The predicted molar refractivity (Wildman–Crippen MR) is 101 cm³/mol. The number of benzene rings is 1. The molecule has 0 radical (unpaired) electrons. The molecule has 132 valence electrons. The third kappa shape index (κ3) is 4.49. The normalized spacial score (nSPS) is 31.4. The van der Waals surface area contributed by atoms with Crippen LogP contribution in [0.25, 0.3) is 6.08 Å². The molecule has 2 saturated carbocycles. The molecule has 3 rings (SSSR count). The number of rotatable bonds is 4. The van der Waals surface area contributed by atoms with Crippen LogP contribution >= 0.6 is 0 Å². The molecular formula is C22H32O2. The Hall–Kier alpha value is -1.57. The van der Waals surface area contributed by atoms with Gasteiger partial charge in [-0.05, 0) is 49.2 Å². The first-order valence-corrected chi connectivity index (χ1v) is 9.53. The summed E-state index contributed by atoms with van der Waals surface area (Å²) < 4.78 is 5.82. The van der Waals surface area contributed by atoms with Crippen molar-refractivity contribution in [3.63, 3.8) is 0 Å². The van der Waals surface area contributed by atoms with Gasteiger partial charge in [-0.15, -0.1) is 0 Å². The van der Waals surface area contributed by atoms with Crippen LogP contribution < -0.4 is 0 Å². The van der Waals surface area contributed by atoms with Gasteiger partial charge >= 0.3 is 5.97 Å². The summed E-state index contributed by atoms with van der Waals surface area (Å²) in [5, 5.41) is 0. The minimum atomic E-state index is -0.198. The zero-order chi connectivity index (χ0) is 17.6. The second kappa shape index (κ2) is 8.50. The lowest BCUT2D eigenvalue weighted by atomic mass is 9.70. The van der Waals surface area contributed by atoms with Gasteiger partial charge in [-0.1, -0.05) is 64.4 Å². The van der Waals surface area contributed by atoms with Crippen LogP contribution in [0.2, 0.25) is 0 Å². The number of carbonyl (C=O) groups is 1. The van der Waals surface area contributed by atoms with Gasteiger partial charge in [0.15, 0.2) is 0 Å². The zero-order valence-corrected chi connectivity index (χ0v) is 15.6. The van der Waals surface area contributed by atoms with Gasteiger partial charge in [-0.3, -0.25) is 0 Å². The minimum Gasteiger partial charge on any atom is -0.459 e. The first-order chi connectivity index (χ1) is 11.6. The molecule has 4 unspecified atom stereocenters. The van der Waals surface area contributed by atoms with Gasteiger partial charge in [0, 0.05) is 11.5 Å². The molecule has 2 aliphatic rings. The van der Waals surface area contributed by atoms with Gasteiger partial charge in [-0.25, -0.2) is 4.79 Å². The lowest BCUT2D eigenvalue weighted by Crippen LogP contribution is -2.33. The molecule has 4 atom stereocenters. The van der Waals surface area contributed by atoms with Crippen LogP contribution in [0.5, 0.6) is 0 Å². The van der Waals surface area contributed by atoms with Crippen LogP contribution in [0.3, 0.4) is 0 Å². The van der Waals surface area contributed by atoms with E-state index < -0.39 is 0 Å². The molecule has 0 aliphatic heterocycles. The summed E-state index contributed by atoms with van der Waals surface area (Å²) in [5.74, 6) is 1.36. The molecule has 0 spiro atoms. The molecule has 1 aromatic carbocycles. The Kier molecular flexibility index (Phi) is 6.65. The second-order valence-corrected chi connectivity index (χ2v) is 7.34. The van der Waals surface area contributed by atoms with Gasteiger partial charge in [0.2, 0.25) is 0 Å². The van der Waals surface area contributed by atoms with Crippen LogP contribution in [0, 0.1) is 17.3 Å². The van der Waals surface area contributed by atoms with E-state index in [9.17, 15) is 4.79 Å². The lowest BCUT2D eigenvalue weighted by molar-refractivity contribution is -0.148. The van der Waals surface area contributed by atoms with E-state index in [-0.39, 0.29) is 17.5 Å². The van der Waals surface area contributed by atoms with Crippen molar-refractivity contribution < 1.29 is 9.53 Å². The first kappa shape index (κ1) is 18.8. The van der Waals surface area contributed by atoms with Gasteiger partial charge in [0.1, 0.15) is 6.10 Å². The molecule has 2 aliphatic carbocycles. The summed E-state index contributed by atoms with van der Waals surface area (Å²) in [6.07, 6.45) is 9.56. The highest BCUT2D eigenvalue weighted by Gasteiger charge is 2.50. The number of fused-ring (bicyclic) bond motifs is 2. The van der Waals surface area contributed by atoms with E-state index in [4.69, 9.17) is 4.74 Å². The fourth-order valence-corrected chi connectivity index (χ4v) is 4.48. The maximum absolute atomic E-state index is 12.1. The monoisotopic (exact) mass is 328 g/mol. The number of carbonyl (C=O) groups excluding carboxylic acids is 1. The van der Waals surface area contributed by atoms with Crippen LogP contribution in [0.1, 0.15) is 65.4 Å². The minimum absolute atomic E-state index is 0.0990. The third-order valence-corrected chi connectivity index (χ3v) is 5.55. The quantitative estimate of drug-likeness (QED) is 0.510. The Balaban J connectivity index is 0.00000100. The van der Waals surface area contributed by atoms with Gasteiger partial charge < -0.3 is 4.74 Å². The second-order valence-electron chi connectivity index (χ2n) is 7.34. The van der Waals surface area contributed by atoms with E-state index >= 15 is 0 Å². The lowest BCUT2D eigenvalue weighted by Gasteiger charge is -2.37. The molecule has 2 nitrogen and oxygen atoms in total. The van der Waals surface area contributed by atoms with Crippen molar-refractivity contribution in [3.8, 4) is 0 Å². The fourth-order valence-electron chi connectivity index (χ4n) is 4.48. The van der Waals surface area contributed by atoms with Crippen molar-refractivity contribution >= 4 is 12.0 Å². The Morgan fingerprint density at radius 1 is 1.21 bits per heavy atom. The standard InChI is InChI=1S/C20H26O2.C2H6/c1-3-15-11-17-12-18(20(2,13-15)14-17)22-19(21)10-9-16-7-5-4-6-8-16;1-2/h4-10,15,17-18H,3,11-14H2,1-2H3;1-2H3/b10-9+;. The molecule has 1 aromatic rings. The average Bonchev–Trinajstić information content (AvgIpc) is 2.83. The van der Waals surface area contributed by atoms with Gasteiger partial charge in [-0.2, -0.15) is 0 Å². The number of hydrogen-bond acceptors (Lipinski definition) is 2. The maximum Gasteiger partial charge on any atom is 0.331 e. The largest absolute Gasteiger partial charge is 0.459 e. The fraction of sp³-hybridized carbons (Fsp3) is 0.591. The molecular weight excluding hydrogens is 296 g/mol. The Bertz CT molecular complexity index is 548. The van der Waals surface area contributed by atoms with E-state index in [2.05, 4.69) is 13.8 Å². The van der Waals surface area contributed by atoms with E-state index in [0.717, 1.165) is 23.8 Å². The van der Waals surface area contributed by atoms with E-state index in [1.54, 1.807) is 6.08 Å². The molecule has 0 saturated heterocycles. The van der Waals surface area contributed by atoms with Crippen molar-refractivity contribution in [1.29, 1.82) is 0 Å². The summed E-state index contributed by atoms with van der Waals surface area (Å²) in [6, 6.07) is 9.88. The molecule has 0 amide bonds. The van der Waals surface area contributed by atoms with Gasteiger partial charge in [0.05, 0.1) is 0 Å². The van der Waals surface area contributed by atoms with E-state index in [1.165, 1.54) is 25.7 Å². The van der Waals surface area contributed by atoms with Gasteiger partial charge in [0.25, 0.3) is 0 Å². The summed E-state index contributed by atoms with van der Waals surface area (Å²) in [6.45, 7) is 8.59. The summed E-state index contributed by atoms with van der Waals surface area (Å²) in [5.41, 5.74) is 1.22. The highest BCUT2D eigenvalue weighted by atomic mass is 16.5. The molecule has 2 heteroatoms. The van der Waals surface area contributed by atoms with Crippen molar-refractivity contribution in [2.75, 3.05) is 0 Å². The maximum atomic E-state index is 12.1. The SMILES string of the molecule is CC.CCC1CC2CC(OC(=O)/C=C/c3ccccc3)C(C)(C1)C2. The van der Waals surface area contributed by atoms with Crippen LogP contribution in [-0.4, -0.2) is 12.1 Å². The van der Waals surface area contributed by atoms with Crippen LogP contribution in [0.4, 0.5) is 0 Å². The number of esters is 1. The van der Waals surface area contributed by atoms with Crippen molar-refractivity contribution in [1.82, 2.24) is 0 Å². The molecule has 0 N–H and O–H groups in total. The number of ether oxygens (including phenoxy) is 1. The van der Waals surface area contributed by atoms with E-state index in [0.29, 0.717) is 0 Å². The molecule has 24 heavy (non-hydrogen) atoms. The van der Waals surface area contributed by atoms with Crippen molar-refractivity contribution in [3.05, 3.63) is 42.0 Å². The Morgan fingerprint density at radius 2 is 1.92 bits per heavy atom. The molecule has 2 bridgehead atoms. The highest BCUT2D eigenvalue weighted by Crippen LogP contribution is 2.54. The van der Waals surface area contributed by atoms with Crippen LogP contribution in [-0.2, 0) is 9.53 Å². The predicted octanol–water partition coefficient (Wildman–Crippen LogP) is 5.87. The average molecular weight is 328 g/mol. The van der Waals surface area contributed by atoms with Crippen molar-refractivity contribution in [2.45, 2.75) is 65.9 Å². The molecule has 0 heterocycles.